The number of aromatic nitrogens is 4. The van der Waals surface area contributed by atoms with Crippen molar-refractivity contribution < 1.29 is 9.53 Å². The molecule has 8 nitrogen and oxygen atoms in total. The van der Waals surface area contributed by atoms with Crippen LogP contribution in [0.25, 0.3) is 22.2 Å². The lowest BCUT2D eigenvalue weighted by molar-refractivity contribution is 0.249. The molecule has 3 aromatic heterocycles. The van der Waals surface area contributed by atoms with Gasteiger partial charge >= 0.3 is 6.03 Å². The highest BCUT2D eigenvalue weighted by atomic mass is 16.5. The van der Waals surface area contributed by atoms with Crippen LogP contribution in [0.3, 0.4) is 0 Å². The van der Waals surface area contributed by atoms with Crippen LogP contribution in [0, 0.1) is 6.92 Å². The lowest BCUT2D eigenvalue weighted by atomic mass is 10.1. The molecule has 0 bridgehead atoms. The van der Waals surface area contributed by atoms with E-state index >= 15 is 0 Å². The lowest BCUT2D eigenvalue weighted by Crippen LogP contribution is -2.31. The molecule has 1 atom stereocenters. The van der Waals surface area contributed by atoms with E-state index in [1.807, 2.05) is 56.3 Å². The number of H-pyrrole nitrogens is 1. The van der Waals surface area contributed by atoms with Crippen molar-refractivity contribution in [3.8, 4) is 17.1 Å². The molecule has 0 aliphatic heterocycles. The molecular weight excluding hydrogens is 380 g/mol. The molecule has 1 aromatic carbocycles. The monoisotopic (exact) mass is 402 g/mol. The number of rotatable bonds is 5. The van der Waals surface area contributed by atoms with Crippen LogP contribution in [0.1, 0.15) is 24.2 Å². The highest BCUT2D eigenvalue weighted by Gasteiger charge is 2.18. The topological polar surface area (TPSA) is 105 Å². The van der Waals surface area contributed by atoms with Crippen molar-refractivity contribution in [3.05, 3.63) is 66.0 Å². The second kappa shape index (κ2) is 8.20. The molecule has 0 saturated heterocycles. The minimum absolute atomic E-state index is 0.149. The highest BCUT2D eigenvalue weighted by molar-refractivity contribution is 5.99. The quantitative estimate of drug-likeness (QED) is 0.464. The zero-order chi connectivity index (χ0) is 21.1. The number of carbonyl (C=O) groups is 1. The van der Waals surface area contributed by atoms with E-state index in [0.29, 0.717) is 22.9 Å². The Morgan fingerprint density at radius 1 is 1.17 bits per heavy atom. The van der Waals surface area contributed by atoms with E-state index in [0.717, 1.165) is 22.2 Å². The van der Waals surface area contributed by atoms with Crippen LogP contribution < -0.4 is 15.4 Å². The van der Waals surface area contributed by atoms with Gasteiger partial charge in [-0.25, -0.2) is 9.78 Å². The van der Waals surface area contributed by atoms with Gasteiger partial charge in [-0.15, -0.1) is 5.10 Å². The van der Waals surface area contributed by atoms with Gasteiger partial charge in [0.1, 0.15) is 5.82 Å². The van der Waals surface area contributed by atoms with E-state index in [1.165, 1.54) is 0 Å². The molecule has 152 valence electrons. The summed E-state index contributed by atoms with van der Waals surface area (Å²) < 4.78 is 5.38. The molecule has 8 heteroatoms. The molecular formula is C22H22N6O2. The summed E-state index contributed by atoms with van der Waals surface area (Å²) in [6, 6.07) is 14.8. The first-order valence-corrected chi connectivity index (χ1v) is 9.53. The van der Waals surface area contributed by atoms with E-state index in [-0.39, 0.29) is 12.1 Å². The molecule has 30 heavy (non-hydrogen) atoms. The minimum atomic E-state index is -0.346. The number of urea groups is 1. The fraction of sp³-hybridized carbons (Fsp3) is 0.182. The van der Waals surface area contributed by atoms with Crippen LogP contribution in [0.15, 0.2) is 54.7 Å². The number of ether oxygens (including phenoxy) is 1. The van der Waals surface area contributed by atoms with Crippen LogP contribution >= 0.6 is 0 Å². The van der Waals surface area contributed by atoms with Crippen LogP contribution in [-0.4, -0.2) is 33.3 Å². The standard InChI is InChI=1S/C22H22N6O2/c1-13-11-16(9-10-23-13)20-19-17(27-28-21(19)30-3)12-18(25-20)26-22(29)24-14(2)15-7-5-4-6-8-15/h4-12,14H,1-3H3,(H,27,28)(H2,24,25,26,29). The summed E-state index contributed by atoms with van der Waals surface area (Å²) in [5.41, 5.74) is 4.08. The number of aryl methyl sites for hydroxylation is 1. The first-order chi connectivity index (χ1) is 14.5. The second-order valence-corrected chi connectivity index (χ2v) is 6.93. The van der Waals surface area contributed by atoms with Gasteiger partial charge in [-0.05, 0) is 31.5 Å². The molecule has 4 rings (SSSR count). The van der Waals surface area contributed by atoms with Crippen molar-refractivity contribution in [2.45, 2.75) is 19.9 Å². The van der Waals surface area contributed by atoms with Gasteiger partial charge in [-0.2, -0.15) is 0 Å². The summed E-state index contributed by atoms with van der Waals surface area (Å²) in [5, 5.41) is 13.6. The number of amides is 2. The normalized spacial score (nSPS) is 11.8. The first-order valence-electron chi connectivity index (χ1n) is 9.53. The van der Waals surface area contributed by atoms with Gasteiger partial charge in [-0.1, -0.05) is 30.3 Å². The summed E-state index contributed by atoms with van der Waals surface area (Å²) in [7, 11) is 1.56. The Labute approximate surface area is 173 Å². The molecule has 4 aromatic rings. The third-order valence-electron chi connectivity index (χ3n) is 4.76. The van der Waals surface area contributed by atoms with E-state index in [1.54, 1.807) is 19.4 Å². The number of methoxy groups -OCH3 is 1. The Bertz CT molecular complexity index is 1190. The molecule has 0 spiro atoms. The minimum Gasteiger partial charge on any atom is -0.479 e. The lowest BCUT2D eigenvalue weighted by Gasteiger charge is -2.15. The van der Waals surface area contributed by atoms with Crippen LogP contribution in [-0.2, 0) is 0 Å². The van der Waals surface area contributed by atoms with Crippen molar-refractivity contribution in [2.24, 2.45) is 0 Å². The summed E-state index contributed by atoms with van der Waals surface area (Å²) in [6.45, 7) is 3.84. The summed E-state index contributed by atoms with van der Waals surface area (Å²) in [6.07, 6.45) is 1.72. The summed E-state index contributed by atoms with van der Waals surface area (Å²) in [4.78, 5) is 21.5. The average Bonchev–Trinajstić information content (AvgIpc) is 3.16. The number of anilines is 1. The summed E-state index contributed by atoms with van der Waals surface area (Å²) in [5.74, 6) is 0.840. The van der Waals surface area contributed by atoms with Gasteiger partial charge in [0.2, 0.25) is 5.88 Å². The van der Waals surface area contributed by atoms with Crippen molar-refractivity contribution in [1.29, 1.82) is 0 Å². The van der Waals surface area contributed by atoms with E-state index in [4.69, 9.17) is 4.74 Å². The average molecular weight is 402 g/mol. The van der Waals surface area contributed by atoms with E-state index < -0.39 is 0 Å². The number of fused-ring (bicyclic) bond motifs is 1. The van der Waals surface area contributed by atoms with Crippen LogP contribution in [0.4, 0.5) is 10.6 Å². The fourth-order valence-corrected chi connectivity index (χ4v) is 3.30. The molecule has 0 aliphatic carbocycles. The molecule has 3 heterocycles. The molecule has 0 saturated carbocycles. The molecule has 0 aliphatic rings. The van der Waals surface area contributed by atoms with Gasteiger partial charge in [0.25, 0.3) is 0 Å². The van der Waals surface area contributed by atoms with Gasteiger partial charge in [-0.3, -0.25) is 15.4 Å². The van der Waals surface area contributed by atoms with Gasteiger partial charge in [0.15, 0.2) is 0 Å². The molecule has 1 unspecified atom stereocenters. The Hall–Kier alpha value is -3.94. The summed E-state index contributed by atoms with van der Waals surface area (Å²) >= 11 is 0. The zero-order valence-electron chi connectivity index (χ0n) is 16.9. The number of benzene rings is 1. The molecule has 3 N–H and O–H groups in total. The maximum absolute atomic E-state index is 12.6. The van der Waals surface area contributed by atoms with E-state index in [9.17, 15) is 4.79 Å². The smallest absolute Gasteiger partial charge is 0.320 e. The van der Waals surface area contributed by atoms with Gasteiger partial charge < -0.3 is 10.1 Å². The van der Waals surface area contributed by atoms with Gasteiger partial charge in [0.05, 0.1) is 29.7 Å². The zero-order valence-corrected chi connectivity index (χ0v) is 16.9. The Morgan fingerprint density at radius 3 is 2.70 bits per heavy atom. The van der Waals surface area contributed by atoms with Crippen molar-refractivity contribution in [3.63, 3.8) is 0 Å². The van der Waals surface area contributed by atoms with Crippen molar-refractivity contribution in [2.75, 3.05) is 12.4 Å². The largest absolute Gasteiger partial charge is 0.479 e. The fourth-order valence-electron chi connectivity index (χ4n) is 3.30. The maximum Gasteiger partial charge on any atom is 0.320 e. The number of hydrogen-bond acceptors (Lipinski definition) is 5. The number of aromatic amines is 1. The number of hydrogen-bond donors (Lipinski definition) is 3. The van der Waals surface area contributed by atoms with Crippen LogP contribution in [0.2, 0.25) is 0 Å². The van der Waals surface area contributed by atoms with Crippen molar-refractivity contribution in [1.82, 2.24) is 25.5 Å². The SMILES string of the molecule is COc1n[nH]c2cc(NC(=O)NC(C)c3ccccc3)nc(-c3ccnc(C)c3)c12. The van der Waals surface area contributed by atoms with E-state index in [2.05, 4.69) is 30.8 Å². The number of nitrogens with one attached hydrogen (secondary N) is 3. The Balaban J connectivity index is 1.66. The third-order valence-corrected chi connectivity index (χ3v) is 4.76. The maximum atomic E-state index is 12.6. The molecule has 0 radical (unpaired) electrons. The number of carbonyl (C=O) groups excluding carboxylic acids is 1. The van der Waals surface area contributed by atoms with Crippen LogP contribution in [0.5, 0.6) is 5.88 Å². The number of nitrogens with zero attached hydrogens (tertiary/aromatic N) is 3. The predicted molar refractivity (Wildman–Crippen MR) is 115 cm³/mol. The third kappa shape index (κ3) is 3.93. The Kier molecular flexibility index (Phi) is 5.30. The first kappa shape index (κ1) is 19.4. The van der Waals surface area contributed by atoms with Crippen molar-refractivity contribution >= 4 is 22.8 Å². The molecule has 2 amide bonds. The number of pyridine rings is 2. The second-order valence-electron chi connectivity index (χ2n) is 6.93. The predicted octanol–water partition coefficient (Wildman–Crippen LogP) is 4.22. The molecule has 0 fully saturated rings. The Morgan fingerprint density at radius 2 is 1.97 bits per heavy atom. The highest BCUT2D eigenvalue weighted by Crippen LogP contribution is 2.34. The van der Waals surface area contributed by atoms with Gasteiger partial charge in [0, 0.05) is 23.5 Å².